The van der Waals surface area contributed by atoms with Crippen molar-refractivity contribution in [3.8, 4) is 0 Å². The predicted molar refractivity (Wildman–Crippen MR) is 79.2 cm³/mol. The van der Waals surface area contributed by atoms with E-state index >= 15 is 0 Å². The lowest BCUT2D eigenvalue weighted by atomic mass is 10.0. The number of carbonyl (C=O) groups is 1. The molecule has 0 bridgehead atoms. The molecule has 1 aromatic carbocycles. The Balaban J connectivity index is 2.07. The largest absolute Gasteiger partial charge is 0.460 e. The molecule has 0 saturated carbocycles. The minimum atomic E-state index is -7.08. The van der Waals surface area contributed by atoms with Crippen LogP contribution >= 0.6 is 0 Å². The number of hydrogen-bond acceptors (Lipinski definition) is 2. The van der Waals surface area contributed by atoms with Gasteiger partial charge in [-0.1, -0.05) is 30.3 Å². The van der Waals surface area contributed by atoms with Crippen LogP contribution in [0.5, 0.6) is 0 Å². The van der Waals surface area contributed by atoms with Crippen molar-refractivity contribution < 1.29 is 44.3 Å². The highest BCUT2D eigenvalue weighted by Crippen LogP contribution is 2.53. The van der Waals surface area contributed by atoms with Gasteiger partial charge in [0.15, 0.2) is 0 Å². The van der Waals surface area contributed by atoms with Crippen LogP contribution in [0.2, 0.25) is 0 Å². The Morgan fingerprint density at radius 1 is 0.786 bits per heavy atom. The van der Waals surface area contributed by atoms with Gasteiger partial charge in [0.1, 0.15) is 0 Å². The molecular formula is C16H15F9N2O. The summed E-state index contributed by atoms with van der Waals surface area (Å²) in [4.78, 5) is 13.5. The summed E-state index contributed by atoms with van der Waals surface area (Å²) >= 11 is 0. The second-order valence-corrected chi connectivity index (χ2v) is 6.27. The quantitative estimate of drug-likeness (QED) is 0.675. The molecule has 0 aliphatic carbocycles. The molecule has 1 fully saturated rings. The van der Waals surface area contributed by atoms with Crippen molar-refractivity contribution in [3.05, 3.63) is 35.9 Å². The smallest absolute Gasteiger partial charge is 0.335 e. The van der Waals surface area contributed by atoms with E-state index in [-0.39, 0.29) is 18.0 Å². The highest BCUT2D eigenvalue weighted by atomic mass is 19.4. The maximum atomic E-state index is 13.7. The number of benzene rings is 1. The molecule has 0 unspecified atom stereocenters. The SMILES string of the molecule is O=C(N1CCN(Cc2ccccc2)CC1)C(F)(F)C(F)(F)C(F)(F)C(F)(F)F. The third kappa shape index (κ3) is 3.91. The highest BCUT2D eigenvalue weighted by Gasteiger charge is 2.84. The lowest BCUT2D eigenvalue weighted by Gasteiger charge is -2.39. The van der Waals surface area contributed by atoms with Gasteiger partial charge >= 0.3 is 23.9 Å². The van der Waals surface area contributed by atoms with Crippen LogP contribution in [0.4, 0.5) is 39.5 Å². The Bertz CT molecular complexity index is 683. The number of halogens is 9. The van der Waals surface area contributed by atoms with Gasteiger partial charge in [-0.15, -0.1) is 0 Å². The van der Waals surface area contributed by atoms with Gasteiger partial charge in [-0.2, -0.15) is 39.5 Å². The van der Waals surface area contributed by atoms with E-state index in [0.29, 0.717) is 6.54 Å². The molecule has 12 heteroatoms. The summed E-state index contributed by atoms with van der Waals surface area (Å²) in [6.45, 7) is -0.763. The number of rotatable bonds is 5. The van der Waals surface area contributed by atoms with Crippen LogP contribution < -0.4 is 0 Å². The van der Waals surface area contributed by atoms with Crippen LogP contribution in [-0.2, 0) is 11.3 Å². The molecule has 1 aliphatic heterocycles. The first-order valence-corrected chi connectivity index (χ1v) is 7.97. The maximum Gasteiger partial charge on any atom is 0.460 e. The van der Waals surface area contributed by atoms with Crippen molar-refractivity contribution in [1.82, 2.24) is 9.80 Å². The molecule has 0 atom stereocenters. The standard InChI is InChI=1S/C16H15F9N2O/c17-13(18,14(19,20)15(21,22)16(23,24)25)12(28)27-8-6-26(7-9-27)10-11-4-2-1-3-5-11/h1-5H,6-10H2. The van der Waals surface area contributed by atoms with E-state index < -0.39 is 42.9 Å². The van der Waals surface area contributed by atoms with E-state index in [1.807, 2.05) is 0 Å². The second kappa shape index (κ2) is 7.45. The number of nitrogens with zero attached hydrogens (tertiary/aromatic N) is 2. The second-order valence-electron chi connectivity index (χ2n) is 6.27. The molecule has 3 nitrogen and oxygen atoms in total. The van der Waals surface area contributed by atoms with Crippen molar-refractivity contribution in [1.29, 1.82) is 0 Å². The minimum Gasteiger partial charge on any atom is -0.335 e. The summed E-state index contributed by atoms with van der Waals surface area (Å²) in [7, 11) is 0. The Morgan fingerprint density at radius 2 is 1.29 bits per heavy atom. The van der Waals surface area contributed by atoms with Crippen LogP contribution in [0.3, 0.4) is 0 Å². The Kier molecular flexibility index (Phi) is 5.94. The summed E-state index contributed by atoms with van der Waals surface area (Å²) in [6, 6.07) is 8.80. The average Bonchev–Trinajstić information content (AvgIpc) is 2.61. The van der Waals surface area contributed by atoms with E-state index in [1.54, 1.807) is 35.2 Å². The molecule has 1 aromatic rings. The zero-order chi connectivity index (χ0) is 21.4. The van der Waals surface area contributed by atoms with E-state index in [2.05, 4.69) is 0 Å². The first-order chi connectivity index (χ1) is 12.7. The molecule has 0 aromatic heterocycles. The topological polar surface area (TPSA) is 23.6 Å². The Labute approximate surface area is 153 Å². The predicted octanol–water partition coefficient (Wildman–Crippen LogP) is 3.80. The van der Waals surface area contributed by atoms with Gasteiger partial charge in [0.25, 0.3) is 5.91 Å². The Hall–Kier alpha value is -1.98. The zero-order valence-electron chi connectivity index (χ0n) is 14.1. The Morgan fingerprint density at radius 3 is 1.75 bits per heavy atom. The maximum absolute atomic E-state index is 13.7. The molecule has 28 heavy (non-hydrogen) atoms. The van der Waals surface area contributed by atoms with Crippen molar-refractivity contribution >= 4 is 5.91 Å². The first kappa shape index (κ1) is 22.3. The number of carbonyl (C=O) groups excluding carboxylic acids is 1. The number of amides is 1. The number of piperazine rings is 1. The van der Waals surface area contributed by atoms with Crippen molar-refractivity contribution in [2.45, 2.75) is 30.5 Å². The van der Waals surface area contributed by atoms with Crippen LogP contribution in [0, 0.1) is 0 Å². The summed E-state index contributed by atoms with van der Waals surface area (Å²) in [5.74, 6) is -23.0. The van der Waals surface area contributed by atoms with E-state index in [4.69, 9.17) is 0 Å². The van der Waals surface area contributed by atoms with Crippen molar-refractivity contribution in [2.24, 2.45) is 0 Å². The molecule has 158 valence electrons. The molecule has 0 N–H and O–H groups in total. The van der Waals surface area contributed by atoms with Crippen LogP contribution in [0.25, 0.3) is 0 Å². The molecule has 2 rings (SSSR count). The van der Waals surface area contributed by atoms with Crippen LogP contribution in [-0.4, -0.2) is 65.8 Å². The van der Waals surface area contributed by atoms with Crippen molar-refractivity contribution in [3.63, 3.8) is 0 Å². The minimum absolute atomic E-state index is 0.0437. The normalized spacial score (nSPS) is 17.7. The van der Waals surface area contributed by atoms with Crippen LogP contribution in [0.15, 0.2) is 30.3 Å². The molecule has 1 amide bonds. The lowest BCUT2D eigenvalue weighted by Crippen LogP contribution is -2.66. The fraction of sp³-hybridized carbons (Fsp3) is 0.562. The fourth-order valence-electron chi connectivity index (χ4n) is 2.66. The summed E-state index contributed by atoms with van der Waals surface area (Å²) in [5.41, 5.74) is 0.851. The van der Waals surface area contributed by atoms with Gasteiger partial charge in [-0.25, -0.2) is 0 Å². The molecule has 1 heterocycles. The van der Waals surface area contributed by atoms with Gasteiger partial charge < -0.3 is 4.90 Å². The fourth-order valence-corrected chi connectivity index (χ4v) is 2.66. The number of hydrogen-bond donors (Lipinski definition) is 0. The molecule has 1 saturated heterocycles. The van der Waals surface area contributed by atoms with Crippen molar-refractivity contribution in [2.75, 3.05) is 26.2 Å². The van der Waals surface area contributed by atoms with Gasteiger partial charge in [0.2, 0.25) is 0 Å². The molecule has 0 spiro atoms. The lowest BCUT2D eigenvalue weighted by molar-refractivity contribution is -0.389. The highest BCUT2D eigenvalue weighted by molar-refractivity contribution is 5.85. The van der Waals surface area contributed by atoms with Gasteiger partial charge in [0.05, 0.1) is 0 Å². The summed E-state index contributed by atoms with van der Waals surface area (Å²) in [5, 5.41) is 0. The van der Waals surface area contributed by atoms with Gasteiger partial charge in [-0.3, -0.25) is 9.69 Å². The average molecular weight is 422 g/mol. The molecule has 1 aliphatic rings. The third-order valence-corrected chi connectivity index (χ3v) is 4.32. The molecular weight excluding hydrogens is 407 g/mol. The zero-order valence-corrected chi connectivity index (χ0v) is 14.1. The monoisotopic (exact) mass is 422 g/mol. The molecule has 0 radical (unpaired) electrons. The summed E-state index contributed by atoms with van der Waals surface area (Å²) < 4.78 is 116. The van der Waals surface area contributed by atoms with Crippen LogP contribution in [0.1, 0.15) is 5.56 Å². The van der Waals surface area contributed by atoms with E-state index in [0.717, 1.165) is 5.56 Å². The van der Waals surface area contributed by atoms with Gasteiger partial charge in [0, 0.05) is 32.7 Å². The van der Waals surface area contributed by atoms with E-state index in [1.165, 1.54) is 0 Å². The van der Waals surface area contributed by atoms with E-state index in [9.17, 15) is 44.3 Å². The first-order valence-electron chi connectivity index (χ1n) is 7.97. The summed E-state index contributed by atoms with van der Waals surface area (Å²) in [6.07, 6.45) is -6.95. The number of alkyl halides is 9. The van der Waals surface area contributed by atoms with Gasteiger partial charge in [-0.05, 0) is 5.56 Å². The third-order valence-electron chi connectivity index (χ3n) is 4.32.